The van der Waals surface area contributed by atoms with Crippen LogP contribution in [0.4, 0.5) is 10.1 Å². The molecule has 1 N–H and O–H groups in total. The Morgan fingerprint density at radius 1 is 1.28 bits per heavy atom. The Morgan fingerprint density at radius 3 is 2.52 bits per heavy atom. The molecule has 2 aromatic rings. The topological polar surface area (TPSA) is 65.8 Å². The Labute approximate surface area is 188 Å². The Hall–Kier alpha value is -2.17. The highest BCUT2D eigenvalue weighted by molar-refractivity contribution is 14.0. The van der Waals surface area contributed by atoms with Crippen LogP contribution in [-0.2, 0) is 17.3 Å². The van der Waals surface area contributed by atoms with Gasteiger partial charge in [0.2, 0.25) is 5.91 Å². The Bertz CT molecular complexity index is 864. The summed E-state index contributed by atoms with van der Waals surface area (Å²) in [7, 11) is 3.55. The average Bonchev–Trinajstić information content (AvgIpc) is 3.08. The number of aryl methyl sites for hydroxylation is 1. The summed E-state index contributed by atoms with van der Waals surface area (Å²) in [5.74, 6) is 0.461. The maximum Gasteiger partial charge on any atom is 0.246 e. The van der Waals surface area contributed by atoms with Gasteiger partial charge in [-0.05, 0) is 17.7 Å². The summed E-state index contributed by atoms with van der Waals surface area (Å²) in [6.45, 7) is 6.30. The van der Waals surface area contributed by atoms with Crippen LogP contribution < -0.4 is 10.2 Å². The Morgan fingerprint density at radius 2 is 1.97 bits per heavy atom. The first-order valence-corrected chi connectivity index (χ1v) is 9.31. The predicted molar refractivity (Wildman–Crippen MR) is 123 cm³/mol. The fourth-order valence-electron chi connectivity index (χ4n) is 3.31. The number of hydrogen-bond acceptors (Lipinski definition) is 3. The molecule has 29 heavy (non-hydrogen) atoms. The van der Waals surface area contributed by atoms with Gasteiger partial charge < -0.3 is 15.1 Å². The lowest BCUT2D eigenvalue weighted by Crippen LogP contribution is -2.56. The van der Waals surface area contributed by atoms with Gasteiger partial charge in [-0.25, -0.2) is 4.39 Å². The number of guanidine groups is 1. The molecule has 3 rings (SSSR count). The van der Waals surface area contributed by atoms with E-state index in [1.54, 1.807) is 35.0 Å². The number of anilines is 1. The number of halogens is 2. The molecular weight excluding hydrogens is 486 g/mol. The monoisotopic (exact) mass is 514 g/mol. The van der Waals surface area contributed by atoms with Crippen molar-refractivity contribution >= 4 is 41.5 Å². The van der Waals surface area contributed by atoms with Gasteiger partial charge in [0.05, 0.1) is 11.9 Å². The third-order valence-corrected chi connectivity index (χ3v) is 5.05. The van der Waals surface area contributed by atoms with Gasteiger partial charge in [-0.2, -0.15) is 5.10 Å². The summed E-state index contributed by atoms with van der Waals surface area (Å²) < 4.78 is 14.9. The smallest absolute Gasteiger partial charge is 0.246 e. The van der Waals surface area contributed by atoms with Crippen molar-refractivity contribution < 1.29 is 9.18 Å². The highest BCUT2D eigenvalue weighted by Gasteiger charge is 2.29. The zero-order valence-corrected chi connectivity index (χ0v) is 19.6. The molecule has 0 unspecified atom stereocenters. The minimum Gasteiger partial charge on any atom is -0.355 e. The maximum atomic E-state index is 13.2. The van der Waals surface area contributed by atoms with E-state index < -0.39 is 0 Å². The van der Waals surface area contributed by atoms with Crippen molar-refractivity contribution in [1.29, 1.82) is 0 Å². The molecule has 7 nitrogen and oxygen atoms in total. The summed E-state index contributed by atoms with van der Waals surface area (Å²) in [6.07, 6.45) is 3.54. The van der Waals surface area contributed by atoms with Crippen molar-refractivity contribution in [3.8, 4) is 0 Å². The van der Waals surface area contributed by atoms with Crippen LogP contribution >= 0.6 is 24.0 Å². The second-order valence-corrected chi connectivity index (χ2v) is 7.63. The van der Waals surface area contributed by atoms with E-state index in [0.29, 0.717) is 25.6 Å². The zero-order chi connectivity index (χ0) is 20.3. The largest absolute Gasteiger partial charge is 0.355 e. The van der Waals surface area contributed by atoms with E-state index in [0.717, 1.165) is 11.3 Å². The quantitative estimate of drug-likeness (QED) is 0.387. The molecule has 1 fully saturated rings. The normalized spacial score (nSPS) is 15.3. The number of rotatable bonds is 4. The van der Waals surface area contributed by atoms with Gasteiger partial charge in [0.15, 0.2) is 5.96 Å². The van der Waals surface area contributed by atoms with Crippen LogP contribution in [0.2, 0.25) is 0 Å². The summed E-state index contributed by atoms with van der Waals surface area (Å²) in [5.41, 5.74) is 1.63. The number of aromatic nitrogens is 2. The molecule has 0 radical (unpaired) electrons. The maximum absolute atomic E-state index is 13.2. The second kappa shape index (κ2) is 9.55. The molecule has 1 aliphatic heterocycles. The van der Waals surface area contributed by atoms with E-state index >= 15 is 0 Å². The van der Waals surface area contributed by atoms with E-state index in [1.165, 1.54) is 12.1 Å². The second-order valence-electron chi connectivity index (χ2n) is 7.63. The van der Waals surface area contributed by atoms with Gasteiger partial charge in [0.25, 0.3) is 0 Å². The average molecular weight is 514 g/mol. The summed E-state index contributed by atoms with van der Waals surface area (Å²) >= 11 is 0. The Balaban J connectivity index is 0.00000300. The summed E-state index contributed by atoms with van der Waals surface area (Å²) in [5, 5.41) is 7.50. The van der Waals surface area contributed by atoms with Crippen LogP contribution in [0.5, 0.6) is 0 Å². The van der Waals surface area contributed by atoms with E-state index in [-0.39, 0.29) is 47.7 Å². The lowest BCUT2D eigenvalue weighted by atomic mass is 9.84. The molecule has 0 bridgehead atoms. The highest BCUT2D eigenvalue weighted by atomic mass is 127. The van der Waals surface area contributed by atoms with E-state index in [2.05, 4.69) is 29.3 Å². The van der Waals surface area contributed by atoms with Crippen LogP contribution in [-0.4, -0.2) is 59.8 Å². The minimum atomic E-state index is -0.242. The number of carbonyl (C=O) groups is 1. The fourth-order valence-corrected chi connectivity index (χ4v) is 3.31. The van der Waals surface area contributed by atoms with Gasteiger partial charge in [0.1, 0.15) is 12.4 Å². The van der Waals surface area contributed by atoms with Gasteiger partial charge in [-0.1, -0.05) is 26.0 Å². The van der Waals surface area contributed by atoms with Crippen molar-refractivity contribution in [3.05, 3.63) is 48.0 Å². The van der Waals surface area contributed by atoms with Crippen molar-refractivity contribution in [2.75, 3.05) is 38.1 Å². The lowest BCUT2D eigenvalue weighted by molar-refractivity contribution is -0.120. The number of benzene rings is 1. The van der Waals surface area contributed by atoms with Crippen LogP contribution in [0.15, 0.2) is 41.7 Å². The Kier molecular flexibility index (Phi) is 7.61. The van der Waals surface area contributed by atoms with Crippen LogP contribution in [0.3, 0.4) is 0 Å². The minimum absolute atomic E-state index is 0. The van der Waals surface area contributed by atoms with Crippen LogP contribution in [0, 0.1) is 5.82 Å². The number of nitrogens with zero attached hydrogens (tertiary/aromatic N) is 5. The molecule has 1 aromatic heterocycles. The van der Waals surface area contributed by atoms with Gasteiger partial charge in [-0.15, -0.1) is 24.0 Å². The van der Waals surface area contributed by atoms with Gasteiger partial charge in [-0.3, -0.25) is 14.5 Å². The third kappa shape index (κ3) is 5.46. The van der Waals surface area contributed by atoms with Gasteiger partial charge in [0, 0.05) is 45.3 Å². The first-order chi connectivity index (χ1) is 13.3. The number of amides is 1. The molecular formula is C20H28FIN6O. The van der Waals surface area contributed by atoms with E-state index in [1.807, 2.05) is 18.1 Å². The van der Waals surface area contributed by atoms with Crippen molar-refractivity contribution in [2.24, 2.45) is 12.0 Å². The number of hydrogen-bond donors (Lipinski definition) is 1. The molecule has 1 aliphatic rings. The molecule has 9 heteroatoms. The summed E-state index contributed by atoms with van der Waals surface area (Å²) in [4.78, 5) is 20.7. The van der Waals surface area contributed by atoms with Crippen molar-refractivity contribution in [1.82, 2.24) is 20.0 Å². The van der Waals surface area contributed by atoms with E-state index in [4.69, 9.17) is 0 Å². The standard InChI is InChI=1S/C20H27FN6O.HI/c1-20(2,15-5-7-16(21)8-6-15)14-23-19(22-3)26-9-10-27(18(28)13-26)17-11-24-25(4)12-17;/h5-8,11-12H,9-10,13-14H2,1-4H3,(H,22,23);1H. The summed E-state index contributed by atoms with van der Waals surface area (Å²) in [6, 6.07) is 6.55. The predicted octanol–water partition coefficient (Wildman–Crippen LogP) is 2.38. The van der Waals surface area contributed by atoms with Crippen LogP contribution in [0.1, 0.15) is 19.4 Å². The number of piperazine rings is 1. The molecule has 2 heterocycles. The number of carbonyl (C=O) groups excluding carboxylic acids is 1. The zero-order valence-electron chi connectivity index (χ0n) is 17.2. The molecule has 158 valence electrons. The number of aliphatic imine (C=N–C) groups is 1. The first kappa shape index (κ1) is 23.1. The molecule has 0 aliphatic carbocycles. The van der Waals surface area contributed by atoms with E-state index in [9.17, 15) is 9.18 Å². The van der Waals surface area contributed by atoms with Crippen LogP contribution in [0.25, 0.3) is 0 Å². The van der Waals surface area contributed by atoms with Crippen molar-refractivity contribution in [2.45, 2.75) is 19.3 Å². The fraction of sp³-hybridized carbons (Fsp3) is 0.450. The molecule has 1 aromatic carbocycles. The van der Waals surface area contributed by atoms with Gasteiger partial charge >= 0.3 is 0 Å². The molecule has 0 saturated carbocycles. The van der Waals surface area contributed by atoms with Crippen molar-refractivity contribution in [3.63, 3.8) is 0 Å². The highest BCUT2D eigenvalue weighted by Crippen LogP contribution is 2.23. The molecule has 0 spiro atoms. The number of nitrogens with one attached hydrogen (secondary N) is 1. The molecule has 0 atom stereocenters. The first-order valence-electron chi connectivity index (χ1n) is 9.31. The molecule has 1 amide bonds. The SMILES string of the molecule is CN=C(NCC(C)(C)c1ccc(F)cc1)N1CCN(c2cnn(C)c2)C(=O)C1.I. The molecule has 1 saturated heterocycles. The third-order valence-electron chi connectivity index (χ3n) is 5.05. The lowest BCUT2D eigenvalue weighted by Gasteiger charge is -2.36.